The second kappa shape index (κ2) is 11.8. The van der Waals surface area contributed by atoms with Gasteiger partial charge in [0.05, 0.1) is 25.9 Å². The van der Waals surface area contributed by atoms with Crippen LogP contribution < -0.4 is 10.6 Å². The SMILES string of the molecule is CCNC(=NCC(C)(C)SC)NC(C)COC1CCOC1.I. The Morgan fingerprint density at radius 3 is 2.77 bits per heavy atom. The number of guanidine groups is 1. The molecule has 1 fully saturated rings. The fraction of sp³-hybridized carbons (Fsp3) is 0.933. The van der Waals surface area contributed by atoms with Crippen molar-refractivity contribution in [2.24, 2.45) is 4.99 Å². The zero-order chi connectivity index (χ0) is 15.7. The van der Waals surface area contributed by atoms with Gasteiger partial charge in [0.2, 0.25) is 0 Å². The van der Waals surface area contributed by atoms with Crippen molar-refractivity contribution in [3.63, 3.8) is 0 Å². The second-order valence-electron chi connectivity index (χ2n) is 6.02. The van der Waals surface area contributed by atoms with Crippen LogP contribution in [-0.2, 0) is 9.47 Å². The van der Waals surface area contributed by atoms with Crippen LogP contribution in [0, 0.1) is 0 Å². The molecule has 1 aliphatic rings. The summed E-state index contributed by atoms with van der Waals surface area (Å²) >= 11 is 1.83. The fourth-order valence-electron chi connectivity index (χ4n) is 1.85. The number of hydrogen-bond donors (Lipinski definition) is 2. The molecule has 1 rings (SSSR count). The summed E-state index contributed by atoms with van der Waals surface area (Å²) in [7, 11) is 0. The molecule has 1 aliphatic heterocycles. The van der Waals surface area contributed by atoms with E-state index in [1.165, 1.54) is 0 Å². The van der Waals surface area contributed by atoms with E-state index in [2.05, 4.69) is 49.6 Å². The summed E-state index contributed by atoms with van der Waals surface area (Å²) in [5.41, 5.74) is 0. The Balaban J connectivity index is 0.00000441. The minimum Gasteiger partial charge on any atom is -0.379 e. The lowest BCUT2D eigenvalue weighted by atomic mass is 10.2. The van der Waals surface area contributed by atoms with Gasteiger partial charge in [0.1, 0.15) is 0 Å². The summed E-state index contributed by atoms with van der Waals surface area (Å²) in [6, 6.07) is 0.223. The number of nitrogens with zero attached hydrogens (tertiary/aromatic N) is 1. The van der Waals surface area contributed by atoms with E-state index < -0.39 is 0 Å². The molecule has 0 saturated carbocycles. The summed E-state index contributed by atoms with van der Waals surface area (Å²) < 4.78 is 11.3. The van der Waals surface area contributed by atoms with Gasteiger partial charge in [0, 0.05) is 23.9 Å². The van der Waals surface area contributed by atoms with E-state index >= 15 is 0 Å². The Bertz CT molecular complexity index is 324. The fourth-order valence-corrected chi connectivity index (χ4v) is 2.05. The van der Waals surface area contributed by atoms with Crippen LogP contribution in [-0.4, -0.2) is 62.0 Å². The summed E-state index contributed by atoms with van der Waals surface area (Å²) in [5.74, 6) is 0.860. The average molecular weight is 445 g/mol. The van der Waals surface area contributed by atoms with Crippen LogP contribution in [0.15, 0.2) is 4.99 Å². The molecule has 0 bridgehead atoms. The molecule has 2 unspecified atom stereocenters. The first-order valence-corrected chi connectivity index (χ1v) is 8.98. The summed E-state index contributed by atoms with van der Waals surface area (Å²) in [5, 5.41) is 6.69. The monoisotopic (exact) mass is 445 g/mol. The van der Waals surface area contributed by atoms with Gasteiger partial charge < -0.3 is 20.1 Å². The third-order valence-corrected chi connectivity index (χ3v) is 4.60. The molecule has 7 heteroatoms. The summed E-state index contributed by atoms with van der Waals surface area (Å²) in [6.45, 7) is 12.5. The number of aliphatic imine (C=N–C) groups is 1. The topological polar surface area (TPSA) is 54.9 Å². The van der Waals surface area contributed by atoms with E-state index in [1.807, 2.05) is 11.8 Å². The molecule has 1 heterocycles. The van der Waals surface area contributed by atoms with Gasteiger partial charge in [-0.2, -0.15) is 11.8 Å². The molecule has 0 aromatic rings. The van der Waals surface area contributed by atoms with E-state index in [0.717, 1.165) is 38.7 Å². The predicted octanol–water partition coefficient (Wildman–Crippen LogP) is 2.50. The van der Waals surface area contributed by atoms with Crippen molar-refractivity contribution < 1.29 is 9.47 Å². The number of halogens is 1. The zero-order valence-electron chi connectivity index (χ0n) is 14.5. The number of thioether (sulfide) groups is 1. The van der Waals surface area contributed by atoms with Crippen molar-refractivity contribution in [2.45, 2.75) is 51.0 Å². The maximum Gasteiger partial charge on any atom is 0.191 e. The third-order valence-electron chi connectivity index (χ3n) is 3.37. The van der Waals surface area contributed by atoms with Crippen LogP contribution in [0.4, 0.5) is 0 Å². The first-order valence-electron chi connectivity index (χ1n) is 7.76. The minimum absolute atomic E-state index is 0. The first kappa shape index (κ1) is 22.3. The van der Waals surface area contributed by atoms with Gasteiger partial charge in [0.25, 0.3) is 0 Å². The smallest absolute Gasteiger partial charge is 0.191 e. The Morgan fingerprint density at radius 1 is 1.50 bits per heavy atom. The molecule has 1 saturated heterocycles. The van der Waals surface area contributed by atoms with E-state index in [4.69, 9.17) is 9.47 Å². The first-order chi connectivity index (χ1) is 9.96. The van der Waals surface area contributed by atoms with Crippen molar-refractivity contribution in [3.8, 4) is 0 Å². The molecule has 0 aliphatic carbocycles. The van der Waals surface area contributed by atoms with Crippen LogP contribution in [0.5, 0.6) is 0 Å². The average Bonchev–Trinajstić information content (AvgIpc) is 2.96. The summed E-state index contributed by atoms with van der Waals surface area (Å²) in [6.07, 6.45) is 3.38. The van der Waals surface area contributed by atoms with Crippen molar-refractivity contribution in [1.82, 2.24) is 10.6 Å². The van der Waals surface area contributed by atoms with Gasteiger partial charge in [-0.1, -0.05) is 0 Å². The van der Waals surface area contributed by atoms with Gasteiger partial charge in [0.15, 0.2) is 5.96 Å². The molecule has 5 nitrogen and oxygen atoms in total. The molecule has 0 aromatic carbocycles. The maximum atomic E-state index is 5.84. The summed E-state index contributed by atoms with van der Waals surface area (Å²) in [4.78, 5) is 4.67. The second-order valence-corrected chi connectivity index (χ2v) is 7.54. The molecule has 0 radical (unpaired) electrons. The van der Waals surface area contributed by atoms with Gasteiger partial charge in [-0.05, 0) is 40.4 Å². The van der Waals surface area contributed by atoms with Crippen molar-refractivity contribution in [1.29, 1.82) is 0 Å². The lowest BCUT2D eigenvalue weighted by molar-refractivity contribution is 0.0347. The molecule has 0 amide bonds. The van der Waals surface area contributed by atoms with Crippen LogP contribution in [0.2, 0.25) is 0 Å². The van der Waals surface area contributed by atoms with Gasteiger partial charge in [-0.3, -0.25) is 4.99 Å². The molecule has 132 valence electrons. The maximum absolute atomic E-state index is 5.84. The van der Waals surface area contributed by atoms with Crippen molar-refractivity contribution in [3.05, 3.63) is 0 Å². The van der Waals surface area contributed by atoms with E-state index in [1.54, 1.807) is 0 Å². The Kier molecular flexibility index (Phi) is 11.9. The molecular weight excluding hydrogens is 413 g/mol. The Labute approximate surface area is 156 Å². The highest BCUT2D eigenvalue weighted by molar-refractivity contribution is 14.0. The number of nitrogens with one attached hydrogen (secondary N) is 2. The predicted molar refractivity (Wildman–Crippen MR) is 107 cm³/mol. The van der Waals surface area contributed by atoms with Crippen LogP contribution >= 0.6 is 35.7 Å². The zero-order valence-corrected chi connectivity index (χ0v) is 17.6. The molecule has 0 spiro atoms. The van der Waals surface area contributed by atoms with Crippen LogP contribution in [0.3, 0.4) is 0 Å². The van der Waals surface area contributed by atoms with Gasteiger partial charge >= 0.3 is 0 Å². The minimum atomic E-state index is 0. The normalized spacial score (nSPS) is 20.4. The Hall–Kier alpha value is 0.270. The Morgan fingerprint density at radius 2 is 2.23 bits per heavy atom. The van der Waals surface area contributed by atoms with Gasteiger partial charge in [-0.25, -0.2) is 0 Å². The molecule has 2 atom stereocenters. The largest absolute Gasteiger partial charge is 0.379 e. The van der Waals surface area contributed by atoms with Gasteiger partial charge in [-0.15, -0.1) is 24.0 Å². The number of hydrogen-bond acceptors (Lipinski definition) is 4. The van der Waals surface area contributed by atoms with E-state index in [0.29, 0.717) is 6.61 Å². The molecule has 2 N–H and O–H groups in total. The highest BCUT2D eigenvalue weighted by atomic mass is 127. The van der Waals surface area contributed by atoms with E-state index in [-0.39, 0.29) is 40.9 Å². The van der Waals surface area contributed by atoms with Crippen LogP contribution in [0.25, 0.3) is 0 Å². The van der Waals surface area contributed by atoms with Crippen molar-refractivity contribution in [2.75, 3.05) is 39.2 Å². The molecule has 22 heavy (non-hydrogen) atoms. The molecule has 0 aromatic heterocycles. The standard InChI is InChI=1S/C15H31N3O2S.HI/c1-6-16-14(17-11-15(3,4)21-5)18-12(2)9-20-13-7-8-19-10-13;/h12-13H,6-11H2,1-5H3,(H2,16,17,18);1H. The third kappa shape index (κ3) is 9.42. The molecular formula is C15H32IN3O2S. The highest BCUT2D eigenvalue weighted by Crippen LogP contribution is 2.20. The highest BCUT2D eigenvalue weighted by Gasteiger charge is 2.18. The lowest BCUT2D eigenvalue weighted by Gasteiger charge is -2.22. The lowest BCUT2D eigenvalue weighted by Crippen LogP contribution is -2.45. The number of rotatable bonds is 8. The number of ether oxygens (including phenoxy) is 2. The van der Waals surface area contributed by atoms with E-state index in [9.17, 15) is 0 Å². The van der Waals surface area contributed by atoms with Crippen molar-refractivity contribution >= 4 is 41.7 Å². The quantitative estimate of drug-likeness (QED) is 0.342. The van der Waals surface area contributed by atoms with Crippen LogP contribution in [0.1, 0.15) is 34.1 Å².